The highest BCUT2D eigenvalue weighted by Gasteiger charge is 2.29. The van der Waals surface area contributed by atoms with Gasteiger partial charge >= 0.3 is 6.03 Å². The van der Waals surface area contributed by atoms with Crippen LogP contribution in [0.4, 0.5) is 14.9 Å². The number of amides is 3. The molecular formula is C11H8FN3O3S. The van der Waals surface area contributed by atoms with Crippen molar-refractivity contribution in [1.29, 1.82) is 0 Å². The minimum atomic E-state index is -0.781. The third-order valence-electron chi connectivity index (χ3n) is 2.86. The average molecular weight is 281 g/mol. The van der Waals surface area contributed by atoms with E-state index in [1.54, 1.807) is 11.4 Å². The molecule has 6 nitrogen and oxygen atoms in total. The number of H-pyrrole nitrogens is 1. The van der Waals surface area contributed by atoms with Gasteiger partial charge in [-0.25, -0.2) is 9.18 Å². The van der Waals surface area contributed by atoms with Crippen LogP contribution in [-0.4, -0.2) is 23.5 Å². The fraction of sp³-hybridized carbons (Fsp3) is 0.182. The molecule has 2 N–H and O–H groups in total. The molecule has 3 amide bonds. The fourth-order valence-corrected chi connectivity index (χ4v) is 2.77. The molecule has 0 aliphatic carbocycles. The quantitative estimate of drug-likeness (QED) is 0.823. The lowest BCUT2D eigenvalue weighted by Gasteiger charge is -2.25. The predicted molar refractivity (Wildman–Crippen MR) is 67.9 cm³/mol. The van der Waals surface area contributed by atoms with E-state index in [0.29, 0.717) is 5.52 Å². The zero-order valence-corrected chi connectivity index (χ0v) is 10.3. The number of carbonyl (C=O) groups excluding carboxylic acids is 2. The molecule has 1 aliphatic rings. The van der Waals surface area contributed by atoms with Crippen molar-refractivity contribution in [2.45, 2.75) is 6.42 Å². The summed E-state index contributed by atoms with van der Waals surface area (Å²) in [4.78, 5) is 38.1. The van der Waals surface area contributed by atoms with Gasteiger partial charge in [0.2, 0.25) is 5.91 Å². The summed E-state index contributed by atoms with van der Waals surface area (Å²) in [5, 5.41) is 3.70. The Hall–Kier alpha value is -2.22. The fourth-order valence-electron chi connectivity index (χ4n) is 1.98. The SMILES string of the molecule is O=C1CCN(c2c(F)c3sccc3[nH]c2=O)C(=O)N1. The summed E-state index contributed by atoms with van der Waals surface area (Å²) in [5.74, 6) is -1.17. The van der Waals surface area contributed by atoms with E-state index >= 15 is 0 Å². The molecule has 1 fully saturated rings. The summed E-state index contributed by atoms with van der Waals surface area (Å²) < 4.78 is 14.6. The molecule has 98 valence electrons. The number of urea groups is 1. The second-order valence-corrected chi connectivity index (χ2v) is 4.95. The first kappa shape index (κ1) is 11.8. The van der Waals surface area contributed by atoms with Crippen LogP contribution in [0.2, 0.25) is 0 Å². The number of pyridine rings is 1. The van der Waals surface area contributed by atoms with Crippen LogP contribution < -0.4 is 15.8 Å². The molecule has 0 saturated carbocycles. The summed E-state index contributed by atoms with van der Waals surface area (Å²) in [6.45, 7) is -0.0124. The van der Waals surface area contributed by atoms with Gasteiger partial charge in [0, 0.05) is 13.0 Å². The van der Waals surface area contributed by atoms with Crippen molar-refractivity contribution >= 4 is 39.2 Å². The van der Waals surface area contributed by atoms with E-state index in [0.717, 1.165) is 16.2 Å². The second-order valence-electron chi connectivity index (χ2n) is 4.04. The van der Waals surface area contributed by atoms with Crippen molar-refractivity contribution in [3.8, 4) is 0 Å². The predicted octanol–water partition coefficient (Wildman–Crippen LogP) is 1.17. The number of rotatable bonds is 1. The lowest BCUT2D eigenvalue weighted by atomic mass is 10.2. The Morgan fingerprint density at radius 3 is 2.84 bits per heavy atom. The van der Waals surface area contributed by atoms with Gasteiger partial charge in [-0.15, -0.1) is 11.3 Å². The van der Waals surface area contributed by atoms with Crippen LogP contribution in [0.3, 0.4) is 0 Å². The number of thiophene rings is 1. The largest absolute Gasteiger partial charge is 0.328 e. The van der Waals surface area contributed by atoms with Crippen molar-refractivity contribution in [2.24, 2.45) is 0 Å². The maximum absolute atomic E-state index is 14.3. The molecule has 0 unspecified atom stereocenters. The topological polar surface area (TPSA) is 82.3 Å². The number of aromatic nitrogens is 1. The molecule has 8 heteroatoms. The average Bonchev–Trinajstić information content (AvgIpc) is 2.80. The molecule has 0 aromatic carbocycles. The van der Waals surface area contributed by atoms with Crippen LogP contribution in [-0.2, 0) is 4.79 Å². The smallest absolute Gasteiger partial charge is 0.319 e. The minimum absolute atomic E-state index is 0.0124. The van der Waals surface area contributed by atoms with Crippen molar-refractivity contribution in [3.63, 3.8) is 0 Å². The number of hydrogen-bond acceptors (Lipinski definition) is 4. The molecule has 1 aliphatic heterocycles. The van der Waals surface area contributed by atoms with E-state index in [9.17, 15) is 18.8 Å². The number of hydrogen-bond donors (Lipinski definition) is 2. The van der Waals surface area contributed by atoms with Crippen LogP contribution in [0.1, 0.15) is 6.42 Å². The van der Waals surface area contributed by atoms with E-state index in [1.165, 1.54) is 0 Å². The molecular weight excluding hydrogens is 273 g/mol. The van der Waals surface area contributed by atoms with Crippen molar-refractivity contribution in [3.05, 3.63) is 27.6 Å². The third-order valence-corrected chi connectivity index (χ3v) is 3.77. The number of halogens is 1. The molecule has 2 aromatic rings. The Morgan fingerprint density at radius 1 is 1.32 bits per heavy atom. The molecule has 0 radical (unpaired) electrons. The summed E-state index contributed by atoms with van der Waals surface area (Å²) in [7, 11) is 0. The molecule has 3 heterocycles. The van der Waals surface area contributed by atoms with E-state index < -0.39 is 23.3 Å². The van der Waals surface area contributed by atoms with Gasteiger partial charge in [0.05, 0.1) is 10.2 Å². The summed E-state index contributed by atoms with van der Waals surface area (Å²) in [6, 6.07) is 0.810. The molecule has 0 bridgehead atoms. The van der Waals surface area contributed by atoms with Crippen LogP contribution in [0, 0.1) is 5.82 Å². The Kier molecular flexibility index (Phi) is 2.59. The highest BCUT2D eigenvalue weighted by atomic mass is 32.1. The molecule has 0 atom stereocenters. The molecule has 0 spiro atoms. The number of nitrogens with zero attached hydrogens (tertiary/aromatic N) is 1. The monoisotopic (exact) mass is 281 g/mol. The van der Waals surface area contributed by atoms with E-state index in [-0.39, 0.29) is 23.4 Å². The molecule has 2 aromatic heterocycles. The lowest BCUT2D eigenvalue weighted by molar-refractivity contribution is -0.120. The van der Waals surface area contributed by atoms with Gasteiger partial charge in [-0.1, -0.05) is 0 Å². The van der Waals surface area contributed by atoms with Crippen LogP contribution >= 0.6 is 11.3 Å². The summed E-state index contributed by atoms with van der Waals surface area (Å²) in [5.41, 5.74) is -0.641. The van der Waals surface area contributed by atoms with Gasteiger partial charge in [-0.05, 0) is 11.4 Å². The number of anilines is 1. The highest BCUT2D eigenvalue weighted by molar-refractivity contribution is 7.17. The first-order valence-corrected chi connectivity index (χ1v) is 6.36. The Morgan fingerprint density at radius 2 is 2.11 bits per heavy atom. The molecule has 3 rings (SSSR count). The maximum atomic E-state index is 14.3. The summed E-state index contributed by atoms with van der Waals surface area (Å²) >= 11 is 1.13. The van der Waals surface area contributed by atoms with Gasteiger partial charge in [-0.3, -0.25) is 19.8 Å². The number of fused-ring (bicyclic) bond motifs is 1. The van der Waals surface area contributed by atoms with Crippen molar-refractivity contribution in [2.75, 3.05) is 11.4 Å². The molecule has 1 saturated heterocycles. The van der Waals surface area contributed by atoms with Crippen LogP contribution in [0.25, 0.3) is 10.2 Å². The third kappa shape index (κ3) is 1.80. The van der Waals surface area contributed by atoms with E-state index in [2.05, 4.69) is 10.3 Å². The Balaban J connectivity index is 2.17. The number of carbonyl (C=O) groups is 2. The van der Waals surface area contributed by atoms with Gasteiger partial charge in [-0.2, -0.15) is 0 Å². The highest BCUT2D eigenvalue weighted by Crippen LogP contribution is 2.27. The standard InChI is InChI=1S/C11H8FN3O3S/c12-7-8(15-3-1-6(16)14-11(15)18)10(17)13-5-2-4-19-9(5)7/h2,4H,1,3H2,(H,13,17)(H,14,16,18). The first-order chi connectivity index (χ1) is 9.08. The van der Waals surface area contributed by atoms with Gasteiger partial charge in [0.25, 0.3) is 5.56 Å². The lowest BCUT2D eigenvalue weighted by Crippen LogP contribution is -2.51. The maximum Gasteiger partial charge on any atom is 0.328 e. The van der Waals surface area contributed by atoms with Crippen LogP contribution in [0.5, 0.6) is 0 Å². The summed E-state index contributed by atoms with van der Waals surface area (Å²) in [6.07, 6.45) is 0.0348. The van der Waals surface area contributed by atoms with Crippen molar-refractivity contribution < 1.29 is 14.0 Å². The first-order valence-electron chi connectivity index (χ1n) is 5.48. The van der Waals surface area contributed by atoms with E-state index in [4.69, 9.17) is 0 Å². The van der Waals surface area contributed by atoms with Gasteiger partial charge in [0.1, 0.15) is 5.69 Å². The van der Waals surface area contributed by atoms with E-state index in [1.807, 2.05) is 0 Å². The number of nitrogens with one attached hydrogen (secondary N) is 2. The zero-order valence-electron chi connectivity index (χ0n) is 9.53. The normalized spacial score (nSPS) is 15.9. The zero-order chi connectivity index (χ0) is 13.6. The number of imide groups is 1. The minimum Gasteiger partial charge on any atom is -0.319 e. The Labute approximate surface area is 109 Å². The second kappa shape index (κ2) is 4.16. The van der Waals surface area contributed by atoms with Gasteiger partial charge < -0.3 is 4.98 Å². The number of aromatic amines is 1. The Bertz CT molecular complexity index is 751. The van der Waals surface area contributed by atoms with Crippen LogP contribution in [0.15, 0.2) is 16.2 Å². The van der Waals surface area contributed by atoms with Crippen molar-refractivity contribution in [1.82, 2.24) is 10.3 Å². The van der Waals surface area contributed by atoms with Gasteiger partial charge in [0.15, 0.2) is 5.82 Å². The molecule has 19 heavy (non-hydrogen) atoms.